The summed E-state index contributed by atoms with van der Waals surface area (Å²) in [5.41, 5.74) is 6.78. The van der Waals surface area contributed by atoms with Gasteiger partial charge in [0.2, 0.25) is 11.8 Å². The van der Waals surface area contributed by atoms with Gasteiger partial charge in [-0.2, -0.15) is 0 Å². The van der Waals surface area contributed by atoms with Crippen LogP contribution in [0.4, 0.5) is 11.4 Å². The van der Waals surface area contributed by atoms with E-state index in [9.17, 15) is 9.59 Å². The van der Waals surface area contributed by atoms with Crippen LogP contribution in [0.2, 0.25) is 0 Å². The fourth-order valence-corrected chi connectivity index (χ4v) is 2.82. The standard InChI is InChI=1S/C15H21N3O2/c1-10-7-15(8-10,9-16)14(20)18-13-5-3-12(4-6-13)17-11(2)19/h3-6,10H,7-9,16H2,1-2H3,(H,17,19)(H,18,20). The topological polar surface area (TPSA) is 84.2 Å². The molecule has 108 valence electrons. The van der Waals surface area contributed by atoms with Crippen LogP contribution in [0.3, 0.4) is 0 Å². The van der Waals surface area contributed by atoms with Crippen molar-refractivity contribution in [3.63, 3.8) is 0 Å². The Bertz CT molecular complexity index is 504. The number of nitrogens with two attached hydrogens (primary N) is 1. The highest BCUT2D eigenvalue weighted by Gasteiger charge is 2.47. The molecule has 1 saturated carbocycles. The van der Waals surface area contributed by atoms with Crippen LogP contribution in [0, 0.1) is 11.3 Å². The Morgan fingerprint density at radius 3 is 2.10 bits per heavy atom. The number of carbonyl (C=O) groups is 2. The molecule has 0 radical (unpaired) electrons. The molecule has 2 rings (SSSR count). The molecule has 1 aromatic rings. The minimum absolute atomic E-state index is 0.00891. The zero-order chi connectivity index (χ0) is 14.8. The van der Waals surface area contributed by atoms with Gasteiger partial charge in [-0.15, -0.1) is 0 Å². The van der Waals surface area contributed by atoms with Crippen molar-refractivity contribution in [2.75, 3.05) is 17.2 Å². The number of amides is 2. The van der Waals surface area contributed by atoms with E-state index in [4.69, 9.17) is 5.73 Å². The number of benzene rings is 1. The lowest BCUT2D eigenvalue weighted by atomic mass is 9.62. The van der Waals surface area contributed by atoms with Crippen molar-refractivity contribution in [3.8, 4) is 0 Å². The van der Waals surface area contributed by atoms with E-state index in [1.54, 1.807) is 24.3 Å². The predicted octanol–water partition coefficient (Wildman–Crippen LogP) is 1.96. The molecule has 0 unspecified atom stereocenters. The van der Waals surface area contributed by atoms with E-state index in [-0.39, 0.29) is 11.8 Å². The van der Waals surface area contributed by atoms with Crippen molar-refractivity contribution in [2.24, 2.45) is 17.1 Å². The molecule has 1 aliphatic rings. The normalized spacial score (nSPS) is 24.6. The van der Waals surface area contributed by atoms with Gasteiger partial charge in [0.15, 0.2) is 0 Å². The van der Waals surface area contributed by atoms with Gasteiger partial charge in [-0.1, -0.05) is 6.92 Å². The summed E-state index contributed by atoms with van der Waals surface area (Å²) in [5, 5.41) is 5.59. The lowest BCUT2D eigenvalue weighted by Crippen LogP contribution is -2.51. The lowest BCUT2D eigenvalue weighted by Gasteiger charge is -2.44. The van der Waals surface area contributed by atoms with Crippen LogP contribution >= 0.6 is 0 Å². The third kappa shape index (κ3) is 2.99. The van der Waals surface area contributed by atoms with Crippen LogP contribution in [0.15, 0.2) is 24.3 Å². The molecule has 0 aliphatic heterocycles. The Balaban J connectivity index is 1.99. The SMILES string of the molecule is CC(=O)Nc1ccc(NC(=O)C2(CN)CC(C)C2)cc1. The van der Waals surface area contributed by atoms with Crippen LogP contribution in [-0.4, -0.2) is 18.4 Å². The zero-order valence-corrected chi connectivity index (χ0v) is 11.9. The van der Waals surface area contributed by atoms with E-state index >= 15 is 0 Å². The molecular weight excluding hydrogens is 254 g/mol. The maximum atomic E-state index is 12.3. The van der Waals surface area contributed by atoms with Crippen molar-refractivity contribution < 1.29 is 9.59 Å². The minimum Gasteiger partial charge on any atom is -0.329 e. The summed E-state index contributed by atoms with van der Waals surface area (Å²) in [6.07, 6.45) is 1.69. The van der Waals surface area contributed by atoms with Gasteiger partial charge in [0, 0.05) is 24.8 Å². The van der Waals surface area contributed by atoms with Crippen LogP contribution in [0.1, 0.15) is 26.7 Å². The zero-order valence-electron chi connectivity index (χ0n) is 11.9. The molecule has 4 N–H and O–H groups in total. The van der Waals surface area contributed by atoms with E-state index in [0.717, 1.165) is 18.5 Å². The average Bonchev–Trinajstić information content (AvgIpc) is 2.36. The first-order valence-corrected chi connectivity index (χ1v) is 6.84. The number of hydrogen-bond donors (Lipinski definition) is 3. The Hall–Kier alpha value is -1.88. The fraction of sp³-hybridized carbons (Fsp3) is 0.467. The summed E-state index contributed by atoms with van der Waals surface area (Å²) in [7, 11) is 0. The first-order valence-electron chi connectivity index (χ1n) is 6.84. The molecule has 5 heteroatoms. The van der Waals surface area contributed by atoms with E-state index < -0.39 is 5.41 Å². The second kappa shape index (κ2) is 5.63. The van der Waals surface area contributed by atoms with Crippen molar-refractivity contribution >= 4 is 23.2 Å². The Kier molecular flexibility index (Phi) is 4.09. The highest BCUT2D eigenvalue weighted by atomic mass is 16.2. The van der Waals surface area contributed by atoms with Crippen molar-refractivity contribution in [2.45, 2.75) is 26.7 Å². The second-order valence-corrected chi connectivity index (χ2v) is 5.71. The van der Waals surface area contributed by atoms with Crippen molar-refractivity contribution in [1.82, 2.24) is 0 Å². The third-order valence-electron chi connectivity index (χ3n) is 3.81. The Labute approximate surface area is 118 Å². The largest absolute Gasteiger partial charge is 0.329 e. The van der Waals surface area contributed by atoms with E-state index in [2.05, 4.69) is 17.6 Å². The summed E-state index contributed by atoms with van der Waals surface area (Å²) in [6, 6.07) is 7.07. The Morgan fingerprint density at radius 2 is 1.70 bits per heavy atom. The van der Waals surface area contributed by atoms with Gasteiger partial charge in [0.25, 0.3) is 0 Å². The molecule has 20 heavy (non-hydrogen) atoms. The van der Waals surface area contributed by atoms with Crippen LogP contribution in [0.25, 0.3) is 0 Å². The van der Waals surface area contributed by atoms with Gasteiger partial charge in [0.05, 0.1) is 5.41 Å². The first-order chi connectivity index (χ1) is 9.45. The number of carbonyl (C=O) groups excluding carboxylic acids is 2. The molecule has 2 amide bonds. The monoisotopic (exact) mass is 275 g/mol. The Morgan fingerprint density at radius 1 is 1.20 bits per heavy atom. The number of hydrogen-bond acceptors (Lipinski definition) is 3. The molecule has 1 fully saturated rings. The van der Waals surface area contributed by atoms with E-state index in [1.165, 1.54) is 6.92 Å². The predicted molar refractivity (Wildman–Crippen MR) is 79.3 cm³/mol. The maximum absolute atomic E-state index is 12.3. The second-order valence-electron chi connectivity index (χ2n) is 5.71. The molecule has 5 nitrogen and oxygen atoms in total. The van der Waals surface area contributed by atoms with Gasteiger partial charge < -0.3 is 16.4 Å². The highest BCUT2D eigenvalue weighted by molar-refractivity contribution is 5.96. The fourth-order valence-electron chi connectivity index (χ4n) is 2.82. The highest BCUT2D eigenvalue weighted by Crippen LogP contribution is 2.45. The van der Waals surface area contributed by atoms with E-state index in [1.807, 2.05) is 0 Å². The molecule has 0 heterocycles. The van der Waals surface area contributed by atoms with Gasteiger partial charge in [-0.25, -0.2) is 0 Å². The van der Waals surface area contributed by atoms with Gasteiger partial charge in [-0.3, -0.25) is 9.59 Å². The van der Waals surface area contributed by atoms with Crippen molar-refractivity contribution in [1.29, 1.82) is 0 Å². The summed E-state index contributed by atoms with van der Waals surface area (Å²) >= 11 is 0. The quantitative estimate of drug-likeness (QED) is 0.785. The molecule has 1 aromatic carbocycles. The summed E-state index contributed by atoms with van der Waals surface area (Å²) in [6.45, 7) is 3.97. The molecule has 1 aliphatic carbocycles. The molecule has 0 bridgehead atoms. The van der Waals surface area contributed by atoms with Gasteiger partial charge in [0.1, 0.15) is 0 Å². The smallest absolute Gasteiger partial charge is 0.231 e. The summed E-state index contributed by atoms with van der Waals surface area (Å²) < 4.78 is 0. The van der Waals surface area contributed by atoms with Gasteiger partial charge in [-0.05, 0) is 43.0 Å². The van der Waals surface area contributed by atoms with Crippen LogP contribution in [-0.2, 0) is 9.59 Å². The molecule has 0 saturated heterocycles. The van der Waals surface area contributed by atoms with Gasteiger partial charge >= 0.3 is 0 Å². The molecular formula is C15H21N3O2. The molecule has 0 spiro atoms. The molecule has 0 aromatic heterocycles. The minimum atomic E-state index is -0.407. The molecule has 0 atom stereocenters. The number of rotatable bonds is 4. The summed E-state index contributed by atoms with van der Waals surface area (Å²) in [5.74, 6) is 0.434. The average molecular weight is 275 g/mol. The van der Waals surface area contributed by atoms with Crippen LogP contribution in [0.5, 0.6) is 0 Å². The van der Waals surface area contributed by atoms with Crippen molar-refractivity contribution in [3.05, 3.63) is 24.3 Å². The number of nitrogens with one attached hydrogen (secondary N) is 2. The third-order valence-corrected chi connectivity index (χ3v) is 3.81. The maximum Gasteiger partial charge on any atom is 0.231 e. The van der Waals surface area contributed by atoms with Crippen LogP contribution < -0.4 is 16.4 Å². The van der Waals surface area contributed by atoms with E-state index in [0.29, 0.717) is 18.2 Å². The lowest BCUT2D eigenvalue weighted by molar-refractivity contribution is -0.132. The summed E-state index contributed by atoms with van der Waals surface area (Å²) in [4.78, 5) is 23.2. The number of anilines is 2. The first kappa shape index (κ1) is 14.5.